The van der Waals surface area contributed by atoms with Crippen molar-refractivity contribution in [1.82, 2.24) is 15.2 Å². The fraction of sp³-hybridized carbons (Fsp3) is 0.474. The summed E-state index contributed by atoms with van der Waals surface area (Å²) in [6.07, 6.45) is 8.44. The highest BCUT2D eigenvalue weighted by molar-refractivity contribution is 6.04. The number of nitrogens with zero attached hydrogens (tertiary/aromatic N) is 1. The van der Waals surface area contributed by atoms with E-state index in [1.54, 1.807) is 0 Å². The molecule has 1 saturated heterocycles. The van der Waals surface area contributed by atoms with Gasteiger partial charge in [-0.25, -0.2) is 4.79 Å². The van der Waals surface area contributed by atoms with Gasteiger partial charge in [-0.1, -0.05) is 37.5 Å². The molecule has 1 unspecified atom stereocenters. The van der Waals surface area contributed by atoms with Gasteiger partial charge in [0.1, 0.15) is 6.04 Å². The standard InChI is InChI=1S/C19H23N3O2/c23-18-17(10-14-11-20-16-9-5-4-8-15(14)16)21-19(24)22(18)12-13-6-2-1-3-7-13/h4-5,8-9,11,13,17,20H,1-3,6-7,10,12H2,(H,21,24). The lowest BCUT2D eigenvalue weighted by molar-refractivity contribution is -0.128. The first-order chi connectivity index (χ1) is 11.7. The molecule has 2 aromatic rings. The lowest BCUT2D eigenvalue weighted by atomic mass is 9.89. The van der Waals surface area contributed by atoms with Crippen molar-refractivity contribution in [3.05, 3.63) is 36.0 Å². The third-order valence-electron chi connectivity index (χ3n) is 5.37. The molecule has 2 N–H and O–H groups in total. The molecule has 1 aromatic heterocycles. The zero-order valence-electron chi connectivity index (χ0n) is 13.8. The third kappa shape index (κ3) is 2.79. The Bertz CT molecular complexity index is 761. The molecule has 2 aliphatic rings. The molecule has 0 spiro atoms. The number of aromatic amines is 1. The fourth-order valence-electron chi connectivity index (χ4n) is 4.04. The first-order valence-corrected chi connectivity index (χ1v) is 8.89. The maximum atomic E-state index is 12.7. The Morgan fingerprint density at radius 3 is 2.71 bits per heavy atom. The quantitative estimate of drug-likeness (QED) is 0.848. The Kier molecular flexibility index (Phi) is 4.00. The van der Waals surface area contributed by atoms with Crippen LogP contribution in [0.2, 0.25) is 0 Å². The Balaban J connectivity index is 1.46. The highest BCUT2D eigenvalue weighted by Gasteiger charge is 2.39. The van der Waals surface area contributed by atoms with Crippen LogP contribution in [0.5, 0.6) is 0 Å². The van der Waals surface area contributed by atoms with Crippen LogP contribution < -0.4 is 5.32 Å². The van der Waals surface area contributed by atoms with Crippen molar-refractivity contribution in [2.75, 3.05) is 6.54 Å². The number of carbonyl (C=O) groups excluding carboxylic acids is 2. The van der Waals surface area contributed by atoms with Gasteiger partial charge in [0.15, 0.2) is 0 Å². The minimum absolute atomic E-state index is 0.0733. The number of amides is 3. The molecule has 0 bridgehead atoms. The van der Waals surface area contributed by atoms with Gasteiger partial charge in [0, 0.05) is 30.1 Å². The van der Waals surface area contributed by atoms with Gasteiger partial charge in [0.2, 0.25) is 0 Å². The second-order valence-electron chi connectivity index (χ2n) is 7.02. The molecule has 1 saturated carbocycles. The number of nitrogens with one attached hydrogen (secondary N) is 2. The molecule has 0 radical (unpaired) electrons. The van der Waals surface area contributed by atoms with Crippen LogP contribution in [0.1, 0.15) is 37.7 Å². The number of urea groups is 1. The number of H-pyrrole nitrogens is 1. The molecule has 1 aromatic carbocycles. The molecule has 1 aliphatic carbocycles. The van der Waals surface area contributed by atoms with Crippen LogP contribution in [-0.4, -0.2) is 34.4 Å². The van der Waals surface area contributed by atoms with Crippen molar-refractivity contribution in [3.63, 3.8) is 0 Å². The zero-order chi connectivity index (χ0) is 16.5. The largest absolute Gasteiger partial charge is 0.361 e. The number of para-hydroxylation sites is 1. The van der Waals surface area contributed by atoms with E-state index < -0.39 is 6.04 Å². The minimum Gasteiger partial charge on any atom is -0.361 e. The number of aromatic nitrogens is 1. The van der Waals surface area contributed by atoms with Gasteiger partial charge in [-0.2, -0.15) is 0 Å². The van der Waals surface area contributed by atoms with Crippen LogP contribution in [0.3, 0.4) is 0 Å². The summed E-state index contributed by atoms with van der Waals surface area (Å²) in [5.74, 6) is 0.399. The van der Waals surface area contributed by atoms with Crippen LogP contribution in [0, 0.1) is 5.92 Å². The van der Waals surface area contributed by atoms with Crippen molar-refractivity contribution in [1.29, 1.82) is 0 Å². The summed E-state index contributed by atoms with van der Waals surface area (Å²) in [6, 6.07) is 7.36. The van der Waals surface area contributed by atoms with Crippen LogP contribution in [0.4, 0.5) is 4.79 Å². The summed E-state index contributed by atoms with van der Waals surface area (Å²) in [4.78, 5) is 29.6. The van der Waals surface area contributed by atoms with E-state index >= 15 is 0 Å². The fourth-order valence-corrected chi connectivity index (χ4v) is 4.04. The number of benzene rings is 1. The average Bonchev–Trinajstić information content (AvgIpc) is 3.13. The first kappa shape index (κ1) is 15.2. The molecule has 3 amide bonds. The molecule has 5 nitrogen and oxygen atoms in total. The van der Waals surface area contributed by atoms with Gasteiger partial charge in [0.05, 0.1) is 0 Å². The molecule has 2 heterocycles. The van der Waals surface area contributed by atoms with E-state index in [4.69, 9.17) is 0 Å². The Morgan fingerprint density at radius 2 is 1.88 bits per heavy atom. The number of rotatable bonds is 4. The SMILES string of the molecule is O=C1NC(Cc2c[nH]c3ccccc23)C(=O)N1CC1CCCCC1. The molecule has 24 heavy (non-hydrogen) atoms. The van der Waals surface area contributed by atoms with Gasteiger partial charge >= 0.3 is 6.03 Å². The van der Waals surface area contributed by atoms with E-state index in [9.17, 15) is 9.59 Å². The Hall–Kier alpha value is -2.30. The molecule has 5 heteroatoms. The van der Waals surface area contributed by atoms with Crippen molar-refractivity contribution < 1.29 is 9.59 Å². The van der Waals surface area contributed by atoms with Gasteiger partial charge in [0.25, 0.3) is 5.91 Å². The Labute approximate surface area is 141 Å². The second-order valence-corrected chi connectivity index (χ2v) is 7.02. The smallest absolute Gasteiger partial charge is 0.324 e. The molecule has 126 valence electrons. The van der Waals surface area contributed by atoms with E-state index in [2.05, 4.69) is 10.3 Å². The minimum atomic E-state index is -0.444. The van der Waals surface area contributed by atoms with Crippen molar-refractivity contribution in [3.8, 4) is 0 Å². The highest BCUT2D eigenvalue weighted by atomic mass is 16.2. The van der Waals surface area contributed by atoms with Gasteiger partial charge in [-0.05, 0) is 30.4 Å². The van der Waals surface area contributed by atoms with Crippen molar-refractivity contribution in [2.45, 2.75) is 44.6 Å². The number of hydrogen-bond donors (Lipinski definition) is 2. The van der Waals surface area contributed by atoms with Gasteiger partial charge in [-0.15, -0.1) is 0 Å². The highest BCUT2D eigenvalue weighted by Crippen LogP contribution is 2.26. The number of imide groups is 1. The summed E-state index contributed by atoms with van der Waals surface area (Å²) in [6.45, 7) is 0.578. The lowest BCUT2D eigenvalue weighted by Crippen LogP contribution is -2.36. The zero-order valence-corrected chi connectivity index (χ0v) is 13.8. The van der Waals surface area contributed by atoms with Gasteiger partial charge < -0.3 is 10.3 Å². The number of carbonyl (C=O) groups is 2. The first-order valence-electron chi connectivity index (χ1n) is 8.89. The maximum Gasteiger partial charge on any atom is 0.324 e. The Morgan fingerprint density at radius 1 is 1.08 bits per heavy atom. The van der Waals surface area contributed by atoms with Crippen LogP contribution >= 0.6 is 0 Å². The van der Waals surface area contributed by atoms with E-state index in [1.807, 2.05) is 30.5 Å². The van der Waals surface area contributed by atoms with E-state index in [1.165, 1.54) is 24.2 Å². The molecule has 4 rings (SSSR count). The van der Waals surface area contributed by atoms with Gasteiger partial charge in [-0.3, -0.25) is 9.69 Å². The summed E-state index contributed by atoms with van der Waals surface area (Å²) < 4.78 is 0. The van der Waals surface area contributed by atoms with E-state index in [0.29, 0.717) is 18.9 Å². The lowest BCUT2D eigenvalue weighted by Gasteiger charge is -2.25. The van der Waals surface area contributed by atoms with Crippen molar-refractivity contribution in [2.24, 2.45) is 5.92 Å². The van der Waals surface area contributed by atoms with Crippen LogP contribution in [-0.2, 0) is 11.2 Å². The third-order valence-corrected chi connectivity index (χ3v) is 5.37. The normalized spacial score (nSPS) is 22.3. The summed E-state index contributed by atoms with van der Waals surface area (Å²) in [5.41, 5.74) is 2.13. The van der Waals surface area contributed by atoms with Crippen molar-refractivity contribution >= 4 is 22.8 Å². The van der Waals surface area contributed by atoms with E-state index in [-0.39, 0.29) is 11.9 Å². The van der Waals surface area contributed by atoms with E-state index in [0.717, 1.165) is 29.3 Å². The maximum absolute atomic E-state index is 12.7. The predicted molar refractivity (Wildman–Crippen MR) is 92.6 cm³/mol. The number of fused-ring (bicyclic) bond motifs is 1. The van der Waals surface area contributed by atoms with Crippen LogP contribution in [0.15, 0.2) is 30.5 Å². The summed E-state index contributed by atoms with van der Waals surface area (Å²) in [7, 11) is 0. The summed E-state index contributed by atoms with van der Waals surface area (Å²) in [5, 5.41) is 3.99. The summed E-state index contributed by atoms with van der Waals surface area (Å²) >= 11 is 0. The average molecular weight is 325 g/mol. The number of hydrogen-bond acceptors (Lipinski definition) is 2. The predicted octanol–water partition coefficient (Wildman–Crippen LogP) is 3.21. The molecule has 1 atom stereocenters. The molecular weight excluding hydrogens is 302 g/mol. The topological polar surface area (TPSA) is 65.2 Å². The molecule has 2 fully saturated rings. The second kappa shape index (κ2) is 6.30. The van der Waals surface area contributed by atoms with Crippen LogP contribution in [0.25, 0.3) is 10.9 Å². The monoisotopic (exact) mass is 325 g/mol. The molecular formula is C19H23N3O2. The molecule has 1 aliphatic heterocycles.